The van der Waals surface area contributed by atoms with Crippen molar-refractivity contribution in [3.8, 4) is 0 Å². The maximum absolute atomic E-state index is 13.3. The van der Waals surface area contributed by atoms with Crippen LogP contribution in [-0.4, -0.2) is 24.0 Å². The van der Waals surface area contributed by atoms with Gasteiger partial charge in [0.2, 0.25) is 0 Å². The third-order valence-electron chi connectivity index (χ3n) is 4.21. The molecule has 3 rings (SSSR count). The zero-order valence-electron chi connectivity index (χ0n) is 10.2. The van der Waals surface area contributed by atoms with E-state index in [1.54, 1.807) is 12.1 Å². The molecule has 0 aliphatic carbocycles. The molecule has 1 aromatic carbocycles. The Morgan fingerprint density at radius 2 is 2.33 bits per heavy atom. The summed E-state index contributed by atoms with van der Waals surface area (Å²) in [6.07, 6.45) is 4.92. The molecule has 0 N–H and O–H groups in total. The van der Waals surface area contributed by atoms with Crippen LogP contribution in [-0.2, 0) is 6.42 Å². The molecule has 1 aromatic rings. The molecule has 2 unspecified atom stereocenters. The van der Waals surface area contributed by atoms with E-state index < -0.39 is 0 Å². The van der Waals surface area contributed by atoms with Crippen LogP contribution in [0.25, 0.3) is 0 Å². The van der Waals surface area contributed by atoms with E-state index in [1.807, 2.05) is 0 Å². The molecule has 2 aliphatic heterocycles. The number of halogens is 2. The Balaban J connectivity index is 1.71. The van der Waals surface area contributed by atoms with E-state index in [0.717, 1.165) is 22.9 Å². The van der Waals surface area contributed by atoms with Gasteiger partial charge in [-0.05, 0) is 83.6 Å². The molecule has 0 aromatic heterocycles. The highest BCUT2D eigenvalue weighted by Crippen LogP contribution is 2.35. The summed E-state index contributed by atoms with van der Waals surface area (Å²) in [5, 5.41) is 0. The van der Waals surface area contributed by atoms with Gasteiger partial charge in [-0.2, -0.15) is 0 Å². The summed E-state index contributed by atoms with van der Waals surface area (Å²) in [4.78, 5) is 3.60. The molecule has 0 radical (unpaired) electrons. The van der Waals surface area contributed by atoms with E-state index in [2.05, 4.69) is 4.90 Å². The van der Waals surface area contributed by atoms with Crippen molar-refractivity contribution in [3.63, 3.8) is 0 Å². The number of nitrogens with zero attached hydrogens (tertiary/aromatic N) is 1. The summed E-state index contributed by atoms with van der Waals surface area (Å²) in [5.41, 5.74) is 1.07. The van der Waals surface area contributed by atoms with Crippen molar-refractivity contribution in [2.45, 2.75) is 36.6 Å². The van der Waals surface area contributed by atoms with Gasteiger partial charge < -0.3 is 4.90 Å². The van der Waals surface area contributed by atoms with E-state index in [1.165, 1.54) is 49.4 Å². The Kier molecular flexibility index (Phi) is 3.83. The molecule has 4 heteroatoms. The number of rotatable bonds is 3. The predicted molar refractivity (Wildman–Crippen MR) is 74.5 cm³/mol. The number of hydrogen-bond donors (Lipinski definition) is 0. The smallest absolute Gasteiger partial charge is 0.123 e. The fraction of sp³-hybridized carbons (Fsp3) is 0.571. The lowest BCUT2D eigenvalue weighted by atomic mass is 9.95. The van der Waals surface area contributed by atoms with Crippen LogP contribution < -0.4 is 0 Å². The predicted octanol–water partition coefficient (Wildman–Crippen LogP) is 4.10. The van der Waals surface area contributed by atoms with Crippen LogP contribution in [0.1, 0.15) is 24.8 Å². The summed E-state index contributed by atoms with van der Waals surface area (Å²) in [6.45, 7) is 2.43. The Morgan fingerprint density at radius 3 is 3.11 bits per heavy atom. The molecule has 2 saturated heterocycles. The first-order valence-corrected chi connectivity index (χ1v) is 8.21. The van der Waals surface area contributed by atoms with Gasteiger partial charge in [0.25, 0.3) is 0 Å². The van der Waals surface area contributed by atoms with Gasteiger partial charge in [-0.15, -0.1) is 0 Å². The molecule has 2 atom stereocenters. The second-order valence-corrected chi connectivity index (χ2v) is 6.48. The zero-order chi connectivity index (χ0) is 12.5. The van der Waals surface area contributed by atoms with Crippen molar-refractivity contribution in [1.29, 1.82) is 0 Å². The van der Waals surface area contributed by atoms with Gasteiger partial charge in [0.15, 0.2) is 0 Å². The van der Waals surface area contributed by atoms with E-state index >= 15 is 0 Å². The van der Waals surface area contributed by atoms with E-state index in [9.17, 15) is 4.39 Å². The van der Waals surface area contributed by atoms with Crippen molar-refractivity contribution >= 4 is 21.7 Å². The van der Waals surface area contributed by atoms with Crippen LogP contribution >= 0.6 is 21.7 Å². The number of hydrogen-bond acceptors (Lipinski definition) is 2. The summed E-state index contributed by atoms with van der Waals surface area (Å²) in [5.74, 6) is 0.512. The molecule has 98 valence electrons. The first-order valence-electron chi connectivity index (χ1n) is 6.57. The van der Waals surface area contributed by atoms with E-state index in [-0.39, 0.29) is 5.82 Å². The number of benzene rings is 1. The normalized spacial score (nSPS) is 27.7. The molecular formula is C14H17ClFNS. The van der Waals surface area contributed by atoms with Crippen molar-refractivity contribution in [3.05, 3.63) is 29.6 Å². The second kappa shape index (κ2) is 5.40. The summed E-state index contributed by atoms with van der Waals surface area (Å²) >= 11 is 0. The Labute approximate surface area is 116 Å². The van der Waals surface area contributed by atoms with Crippen molar-refractivity contribution < 1.29 is 4.39 Å². The maximum atomic E-state index is 13.3. The Hall–Kier alpha value is -0.250. The molecular weight excluding hydrogens is 269 g/mol. The zero-order valence-corrected chi connectivity index (χ0v) is 11.8. The highest BCUT2D eigenvalue weighted by Gasteiger charge is 2.35. The molecule has 1 nitrogen and oxygen atoms in total. The van der Waals surface area contributed by atoms with Gasteiger partial charge in [-0.1, -0.05) is 0 Å². The number of fused-ring (bicyclic) bond motifs is 1. The van der Waals surface area contributed by atoms with Crippen LogP contribution in [0, 0.1) is 11.7 Å². The van der Waals surface area contributed by atoms with Crippen molar-refractivity contribution in [2.24, 2.45) is 5.92 Å². The molecule has 2 aliphatic rings. The highest BCUT2D eigenvalue weighted by molar-refractivity contribution is 8.21. The van der Waals surface area contributed by atoms with Gasteiger partial charge in [0.1, 0.15) is 5.82 Å². The third kappa shape index (κ3) is 2.54. The minimum atomic E-state index is -0.155. The quantitative estimate of drug-likeness (QED) is 0.823. The summed E-state index contributed by atoms with van der Waals surface area (Å²) < 4.78 is 13.3. The minimum absolute atomic E-state index is 0.155. The lowest BCUT2D eigenvalue weighted by molar-refractivity contribution is 0.317. The standard InChI is InChI=1S/C14H17ClFNS/c15-18-14-4-3-12(16)8-11(14)6-10-7-13-2-1-5-17(13)9-10/h3-4,8,10,13H,1-2,5-7,9H2. The van der Waals surface area contributed by atoms with Crippen LogP contribution in [0.2, 0.25) is 0 Å². The van der Waals surface area contributed by atoms with E-state index in [0.29, 0.717) is 5.92 Å². The summed E-state index contributed by atoms with van der Waals surface area (Å²) in [7, 11) is 7.05. The molecule has 0 amide bonds. The first-order chi connectivity index (χ1) is 8.76. The van der Waals surface area contributed by atoms with Gasteiger partial charge in [0, 0.05) is 17.5 Å². The molecule has 0 spiro atoms. The average molecular weight is 286 g/mol. The molecule has 0 saturated carbocycles. The van der Waals surface area contributed by atoms with Crippen LogP contribution in [0.15, 0.2) is 23.1 Å². The van der Waals surface area contributed by atoms with Gasteiger partial charge >= 0.3 is 0 Å². The third-order valence-corrected chi connectivity index (χ3v) is 5.27. The van der Waals surface area contributed by atoms with E-state index in [4.69, 9.17) is 10.7 Å². The highest BCUT2D eigenvalue weighted by atomic mass is 35.7. The largest absolute Gasteiger partial charge is 0.300 e. The van der Waals surface area contributed by atoms with Gasteiger partial charge in [-0.25, -0.2) is 4.39 Å². The molecule has 0 bridgehead atoms. The summed E-state index contributed by atoms with van der Waals surface area (Å²) in [6, 6.07) is 5.71. The Bertz CT molecular complexity index is 428. The SMILES string of the molecule is Fc1ccc(SCl)c(CC2CC3CCCN3C2)c1. The minimum Gasteiger partial charge on any atom is -0.300 e. The fourth-order valence-electron chi connectivity index (χ4n) is 3.44. The lowest BCUT2D eigenvalue weighted by Gasteiger charge is -2.14. The van der Waals surface area contributed by atoms with Crippen molar-refractivity contribution in [2.75, 3.05) is 13.1 Å². The van der Waals surface area contributed by atoms with Crippen molar-refractivity contribution in [1.82, 2.24) is 4.90 Å². The fourth-order valence-corrected chi connectivity index (χ4v) is 4.25. The monoisotopic (exact) mass is 285 g/mol. The first kappa shape index (κ1) is 12.8. The Morgan fingerprint density at radius 1 is 1.44 bits per heavy atom. The second-order valence-electron chi connectivity index (χ2n) is 5.43. The topological polar surface area (TPSA) is 3.24 Å². The van der Waals surface area contributed by atoms with Gasteiger partial charge in [-0.3, -0.25) is 0 Å². The molecule has 18 heavy (non-hydrogen) atoms. The van der Waals surface area contributed by atoms with Gasteiger partial charge in [0.05, 0.1) is 0 Å². The van der Waals surface area contributed by atoms with Crippen LogP contribution in [0.3, 0.4) is 0 Å². The molecule has 2 fully saturated rings. The molecule has 2 heterocycles. The van der Waals surface area contributed by atoms with Crippen LogP contribution in [0.4, 0.5) is 4.39 Å². The lowest BCUT2D eigenvalue weighted by Crippen LogP contribution is -2.22. The average Bonchev–Trinajstić information content (AvgIpc) is 2.90. The maximum Gasteiger partial charge on any atom is 0.123 e. The van der Waals surface area contributed by atoms with Crippen LogP contribution in [0.5, 0.6) is 0 Å².